The second kappa shape index (κ2) is 8.60. The number of hydrogen-bond donors (Lipinski definition) is 1. The van der Waals surface area contributed by atoms with Crippen molar-refractivity contribution in [1.82, 2.24) is 19.8 Å². The molecule has 0 radical (unpaired) electrons. The van der Waals surface area contributed by atoms with E-state index in [2.05, 4.69) is 24.1 Å². The first-order chi connectivity index (χ1) is 14.5. The van der Waals surface area contributed by atoms with Gasteiger partial charge in [0.2, 0.25) is 5.91 Å². The van der Waals surface area contributed by atoms with Crippen LogP contribution in [-0.2, 0) is 32.9 Å². The molecule has 160 valence electrons. The van der Waals surface area contributed by atoms with Gasteiger partial charge < -0.3 is 19.5 Å². The molecular formula is C23H30N4O3. The third kappa shape index (κ3) is 4.26. The molecule has 1 aromatic heterocycles. The summed E-state index contributed by atoms with van der Waals surface area (Å²) in [6, 6.07) is 9.81. The second-order valence-electron chi connectivity index (χ2n) is 8.69. The van der Waals surface area contributed by atoms with Crippen LogP contribution in [0.5, 0.6) is 0 Å². The first-order valence-corrected chi connectivity index (χ1v) is 10.8. The summed E-state index contributed by atoms with van der Waals surface area (Å²) in [6.07, 6.45) is 4.81. The lowest BCUT2D eigenvalue weighted by atomic mass is 9.88. The van der Waals surface area contributed by atoms with Gasteiger partial charge in [-0.2, -0.15) is 0 Å². The number of nitrogens with one attached hydrogen (secondary N) is 1. The smallest absolute Gasteiger partial charge is 0.251 e. The van der Waals surface area contributed by atoms with Crippen LogP contribution in [0.25, 0.3) is 0 Å². The number of piperidine rings is 1. The maximum atomic E-state index is 12.8. The number of imidazole rings is 1. The van der Waals surface area contributed by atoms with Crippen LogP contribution in [0.4, 0.5) is 0 Å². The van der Waals surface area contributed by atoms with Gasteiger partial charge in [0.15, 0.2) is 6.10 Å². The van der Waals surface area contributed by atoms with Gasteiger partial charge in [-0.3, -0.25) is 9.59 Å². The summed E-state index contributed by atoms with van der Waals surface area (Å²) in [5.74, 6) is 1.30. The fourth-order valence-electron chi connectivity index (χ4n) is 4.29. The van der Waals surface area contributed by atoms with Crippen molar-refractivity contribution in [2.24, 2.45) is 5.92 Å². The molecular weight excluding hydrogens is 380 g/mol. The van der Waals surface area contributed by atoms with Gasteiger partial charge in [0.1, 0.15) is 11.4 Å². The fourth-order valence-corrected chi connectivity index (χ4v) is 4.29. The van der Waals surface area contributed by atoms with Crippen LogP contribution in [0, 0.1) is 5.92 Å². The molecule has 1 fully saturated rings. The van der Waals surface area contributed by atoms with E-state index < -0.39 is 11.7 Å². The highest BCUT2D eigenvalue weighted by Gasteiger charge is 2.47. The van der Waals surface area contributed by atoms with E-state index in [-0.39, 0.29) is 11.8 Å². The van der Waals surface area contributed by atoms with Gasteiger partial charge in [0.05, 0.1) is 13.0 Å². The van der Waals surface area contributed by atoms with Crippen LogP contribution in [0.15, 0.2) is 42.7 Å². The van der Waals surface area contributed by atoms with Gasteiger partial charge in [-0.25, -0.2) is 4.98 Å². The van der Waals surface area contributed by atoms with Crippen LogP contribution >= 0.6 is 0 Å². The minimum atomic E-state index is -0.620. The summed E-state index contributed by atoms with van der Waals surface area (Å²) in [7, 11) is 0. The van der Waals surface area contributed by atoms with E-state index in [1.165, 1.54) is 0 Å². The molecule has 1 spiro atoms. The van der Waals surface area contributed by atoms with Gasteiger partial charge in [0, 0.05) is 44.9 Å². The number of likely N-dealkylation sites (tertiary alicyclic amines) is 1. The number of fused-ring (bicyclic) bond motifs is 2. The number of amides is 2. The van der Waals surface area contributed by atoms with Crippen LogP contribution in [0.1, 0.15) is 38.1 Å². The number of benzene rings is 1. The number of carbonyl (C=O) groups excluding carboxylic acids is 2. The topological polar surface area (TPSA) is 76.5 Å². The van der Waals surface area contributed by atoms with Gasteiger partial charge in [-0.15, -0.1) is 0 Å². The molecule has 3 heterocycles. The summed E-state index contributed by atoms with van der Waals surface area (Å²) in [6.45, 7) is 6.43. The SMILES string of the molecule is CC(C)CNC(=O)[C@H]1Cn2ccnc2C2(CCN(C(=O)Cc3ccccc3)CC2)O1. The summed E-state index contributed by atoms with van der Waals surface area (Å²) in [4.78, 5) is 31.9. The van der Waals surface area contributed by atoms with Crippen molar-refractivity contribution < 1.29 is 14.3 Å². The molecule has 4 rings (SSSR count). The molecule has 1 aromatic carbocycles. The molecule has 0 bridgehead atoms. The molecule has 2 aliphatic rings. The van der Waals surface area contributed by atoms with E-state index >= 15 is 0 Å². The second-order valence-corrected chi connectivity index (χ2v) is 8.69. The minimum Gasteiger partial charge on any atom is -0.354 e. The van der Waals surface area contributed by atoms with Crippen molar-refractivity contribution in [2.75, 3.05) is 19.6 Å². The van der Waals surface area contributed by atoms with Crippen LogP contribution in [-0.4, -0.2) is 52.0 Å². The Kier molecular flexibility index (Phi) is 5.90. The quantitative estimate of drug-likeness (QED) is 0.819. The molecule has 0 saturated carbocycles. The third-order valence-electron chi connectivity index (χ3n) is 5.95. The van der Waals surface area contributed by atoms with E-state index in [0.717, 1.165) is 11.4 Å². The zero-order chi connectivity index (χ0) is 21.1. The Morgan fingerprint density at radius 3 is 2.67 bits per heavy atom. The Balaban J connectivity index is 1.44. The zero-order valence-corrected chi connectivity index (χ0v) is 17.7. The zero-order valence-electron chi connectivity index (χ0n) is 17.7. The number of nitrogens with zero attached hydrogens (tertiary/aromatic N) is 3. The summed E-state index contributed by atoms with van der Waals surface area (Å²) >= 11 is 0. The normalized spacial score (nSPS) is 20.2. The van der Waals surface area contributed by atoms with Gasteiger partial charge in [-0.05, 0) is 11.5 Å². The Morgan fingerprint density at radius 2 is 1.97 bits per heavy atom. The Bertz CT molecular complexity index is 885. The molecule has 1 atom stereocenters. The Morgan fingerprint density at radius 1 is 1.23 bits per heavy atom. The Hall–Kier alpha value is -2.67. The lowest BCUT2D eigenvalue weighted by molar-refractivity contribution is -0.175. The first kappa shape index (κ1) is 20.6. The molecule has 0 unspecified atom stereocenters. The number of aromatic nitrogens is 2. The molecule has 7 nitrogen and oxygen atoms in total. The number of ether oxygens (including phenoxy) is 1. The average molecular weight is 411 g/mol. The monoisotopic (exact) mass is 410 g/mol. The van der Waals surface area contributed by atoms with Gasteiger partial charge in [0.25, 0.3) is 5.91 Å². The van der Waals surface area contributed by atoms with Crippen LogP contribution in [0.3, 0.4) is 0 Å². The van der Waals surface area contributed by atoms with Crippen LogP contribution in [0.2, 0.25) is 0 Å². The molecule has 0 aliphatic carbocycles. The maximum Gasteiger partial charge on any atom is 0.251 e. The molecule has 7 heteroatoms. The van der Waals surface area contributed by atoms with Crippen molar-refractivity contribution in [3.8, 4) is 0 Å². The van der Waals surface area contributed by atoms with Gasteiger partial charge in [-0.1, -0.05) is 44.2 Å². The highest BCUT2D eigenvalue weighted by atomic mass is 16.5. The van der Waals surface area contributed by atoms with Gasteiger partial charge >= 0.3 is 0 Å². The lowest BCUT2D eigenvalue weighted by Crippen LogP contribution is -2.55. The summed E-state index contributed by atoms with van der Waals surface area (Å²) in [5, 5.41) is 2.99. The first-order valence-electron chi connectivity index (χ1n) is 10.8. The Labute approximate surface area is 177 Å². The van der Waals surface area contributed by atoms with Crippen molar-refractivity contribution in [2.45, 2.75) is 51.4 Å². The van der Waals surface area contributed by atoms with Crippen molar-refractivity contribution >= 4 is 11.8 Å². The third-order valence-corrected chi connectivity index (χ3v) is 5.95. The number of hydrogen-bond acceptors (Lipinski definition) is 4. The molecule has 2 aliphatic heterocycles. The highest BCUT2D eigenvalue weighted by Crippen LogP contribution is 2.40. The predicted octanol–water partition coefficient (Wildman–Crippen LogP) is 2.11. The molecule has 1 N–H and O–H groups in total. The van der Waals surface area contributed by atoms with Crippen molar-refractivity contribution in [3.63, 3.8) is 0 Å². The predicted molar refractivity (Wildman–Crippen MR) is 113 cm³/mol. The molecule has 2 aromatic rings. The molecule has 2 amide bonds. The number of rotatable bonds is 5. The van der Waals surface area contributed by atoms with E-state index in [1.54, 1.807) is 6.20 Å². The maximum absolute atomic E-state index is 12.8. The molecule has 30 heavy (non-hydrogen) atoms. The largest absolute Gasteiger partial charge is 0.354 e. The van der Waals surface area contributed by atoms with E-state index in [4.69, 9.17) is 4.74 Å². The summed E-state index contributed by atoms with van der Waals surface area (Å²) in [5.41, 5.74) is 0.402. The van der Waals surface area contributed by atoms with Crippen molar-refractivity contribution in [3.05, 3.63) is 54.1 Å². The minimum absolute atomic E-state index is 0.0787. The molecule has 1 saturated heterocycles. The van der Waals surface area contributed by atoms with E-state index in [1.807, 2.05) is 46.0 Å². The van der Waals surface area contributed by atoms with E-state index in [0.29, 0.717) is 51.4 Å². The average Bonchev–Trinajstić information content (AvgIpc) is 3.23. The van der Waals surface area contributed by atoms with Crippen molar-refractivity contribution in [1.29, 1.82) is 0 Å². The standard InChI is InChI=1S/C23H30N4O3/c1-17(2)15-25-21(29)19-16-27-13-10-24-22(27)23(30-19)8-11-26(12-9-23)20(28)14-18-6-4-3-5-7-18/h3-7,10,13,17,19H,8-9,11-12,14-16H2,1-2H3,(H,25,29)/t19-/m1/s1. The number of carbonyl (C=O) groups is 2. The summed E-state index contributed by atoms with van der Waals surface area (Å²) < 4.78 is 8.44. The van der Waals surface area contributed by atoms with Crippen LogP contribution < -0.4 is 5.32 Å². The lowest BCUT2D eigenvalue weighted by Gasteiger charge is -2.45. The fraction of sp³-hybridized carbons (Fsp3) is 0.522. The van der Waals surface area contributed by atoms with E-state index in [9.17, 15) is 9.59 Å². The highest BCUT2D eigenvalue weighted by molar-refractivity contribution is 5.81.